The molecule has 0 radical (unpaired) electrons. The van der Waals surface area contributed by atoms with Crippen LogP contribution in [0.15, 0.2) is 0 Å². The van der Waals surface area contributed by atoms with E-state index in [1.165, 1.54) is 0 Å². The van der Waals surface area contributed by atoms with Crippen molar-refractivity contribution in [3.8, 4) is 0 Å². The molecule has 5 heteroatoms. The fraction of sp³-hybridized carbons (Fsp3) is 0.818. The number of nitrogens with one attached hydrogen (secondary N) is 1. The van der Waals surface area contributed by atoms with Crippen molar-refractivity contribution in [3.05, 3.63) is 0 Å². The summed E-state index contributed by atoms with van der Waals surface area (Å²) in [7, 11) is 0. The molecule has 2 atom stereocenters. The lowest BCUT2D eigenvalue weighted by Crippen LogP contribution is -2.46. The van der Waals surface area contributed by atoms with E-state index in [2.05, 4.69) is 5.32 Å². The van der Waals surface area contributed by atoms with Crippen molar-refractivity contribution in [1.29, 1.82) is 0 Å². The molecule has 0 aromatic carbocycles. The molecular weight excluding hydrogens is 208 g/mol. The van der Waals surface area contributed by atoms with Gasteiger partial charge in [0.15, 0.2) is 0 Å². The number of hydrogen-bond donors (Lipinski definition) is 3. The first kappa shape index (κ1) is 14.9. The molecule has 4 N–H and O–H groups in total. The molecular formula is C11H22N2O3. The molecule has 5 nitrogen and oxygen atoms in total. The summed E-state index contributed by atoms with van der Waals surface area (Å²) in [5.74, 6) is -1.18. The van der Waals surface area contributed by atoms with Crippen molar-refractivity contribution in [1.82, 2.24) is 5.32 Å². The van der Waals surface area contributed by atoms with E-state index in [4.69, 9.17) is 10.8 Å². The van der Waals surface area contributed by atoms with E-state index >= 15 is 0 Å². The lowest BCUT2D eigenvalue weighted by Gasteiger charge is -2.24. The van der Waals surface area contributed by atoms with Crippen molar-refractivity contribution in [2.75, 3.05) is 6.54 Å². The summed E-state index contributed by atoms with van der Waals surface area (Å²) in [6.07, 6.45) is 1.91. The first-order valence-corrected chi connectivity index (χ1v) is 5.64. The monoisotopic (exact) mass is 230 g/mol. The number of carbonyl (C=O) groups excluding carboxylic acids is 1. The van der Waals surface area contributed by atoms with Crippen LogP contribution in [0.3, 0.4) is 0 Å². The van der Waals surface area contributed by atoms with Crippen LogP contribution in [0.1, 0.15) is 40.0 Å². The van der Waals surface area contributed by atoms with Gasteiger partial charge >= 0.3 is 5.97 Å². The van der Waals surface area contributed by atoms with Crippen LogP contribution in [0.25, 0.3) is 0 Å². The zero-order chi connectivity index (χ0) is 12.8. The Morgan fingerprint density at radius 3 is 2.38 bits per heavy atom. The third-order valence-electron chi connectivity index (χ3n) is 2.89. The molecule has 1 amide bonds. The molecule has 0 saturated heterocycles. The predicted molar refractivity (Wildman–Crippen MR) is 61.9 cm³/mol. The average Bonchev–Trinajstić information content (AvgIpc) is 2.25. The summed E-state index contributed by atoms with van der Waals surface area (Å²) >= 11 is 0. The van der Waals surface area contributed by atoms with Gasteiger partial charge in [-0.3, -0.25) is 9.59 Å². The number of carboxylic acids is 1. The second kappa shape index (κ2) is 6.48. The molecule has 94 valence electrons. The molecule has 0 fully saturated rings. The molecule has 0 aromatic rings. The van der Waals surface area contributed by atoms with E-state index in [1.807, 2.05) is 6.92 Å². The van der Waals surface area contributed by atoms with Gasteiger partial charge in [-0.25, -0.2) is 0 Å². The summed E-state index contributed by atoms with van der Waals surface area (Å²) in [5, 5.41) is 11.6. The third-order valence-corrected chi connectivity index (χ3v) is 2.89. The third kappa shape index (κ3) is 4.18. The maximum atomic E-state index is 11.5. The van der Waals surface area contributed by atoms with E-state index in [0.29, 0.717) is 12.8 Å². The normalized spacial score (nSPS) is 16.2. The van der Waals surface area contributed by atoms with Gasteiger partial charge in [0.05, 0.1) is 11.5 Å². The van der Waals surface area contributed by atoms with Crippen LogP contribution in [-0.2, 0) is 9.59 Å². The number of aliphatic carboxylic acids is 1. The van der Waals surface area contributed by atoms with Crippen LogP contribution in [0, 0.1) is 5.41 Å². The molecule has 0 aliphatic rings. The molecule has 0 aliphatic heterocycles. The highest BCUT2D eigenvalue weighted by Gasteiger charge is 2.31. The maximum absolute atomic E-state index is 11.5. The average molecular weight is 230 g/mol. The van der Waals surface area contributed by atoms with Crippen LogP contribution < -0.4 is 11.1 Å². The van der Waals surface area contributed by atoms with Crippen LogP contribution in [0.4, 0.5) is 0 Å². The molecule has 0 aromatic heterocycles. The largest absolute Gasteiger partial charge is 0.481 e. The van der Waals surface area contributed by atoms with Crippen LogP contribution in [0.2, 0.25) is 0 Å². The summed E-state index contributed by atoms with van der Waals surface area (Å²) in [6, 6.07) is -0.542. The minimum atomic E-state index is -0.915. The highest BCUT2D eigenvalue weighted by atomic mass is 16.4. The lowest BCUT2D eigenvalue weighted by atomic mass is 9.87. The molecule has 0 heterocycles. The van der Waals surface area contributed by atoms with Crippen molar-refractivity contribution in [2.24, 2.45) is 11.1 Å². The second-order valence-corrected chi connectivity index (χ2v) is 4.33. The summed E-state index contributed by atoms with van der Waals surface area (Å²) in [5.41, 5.74) is 4.70. The Kier molecular flexibility index (Phi) is 6.03. The molecule has 0 saturated carbocycles. The zero-order valence-corrected chi connectivity index (χ0v) is 10.2. The van der Waals surface area contributed by atoms with E-state index in [9.17, 15) is 9.59 Å². The van der Waals surface area contributed by atoms with Gasteiger partial charge in [-0.15, -0.1) is 0 Å². The van der Waals surface area contributed by atoms with Crippen molar-refractivity contribution in [2.45, 2.75) is 46.1 Å². The first-order chi connectivity index (χ1) is 7.37. The van der Waals surface area contributed by atoms with E-state index in [0.717, 1.165) is 6.42 Å². The minimum Gasteiger partial charge on any atom is -0.481 e. The number of nitrogens with two attached hydrogens (primary N) is 1. The van der Waals surface area contributed by atoms with Gasteiger partial charge in [0.25, 0.3) is 0 Å². The fourth-order valence-corrected chi connectivity index (χ4v) is 1.21. The molecule has 1 unspecified atom stereocenters. The highest BCUT2D eigenvalue weighted by Crippen LogP contribution is 2.19. The minimum absolute atomic E-state index is 0.120. The van der Waals surface area contributed by atoms with Gasteiger partial charge in [-0.1, -0.05) is 20.3 Å². The zero-order valence-electron chi connectivity index (χ0n) is 10.2. The number of carbonyl (C=O) groups is 2. The highest BCUT2D eigenvalue weighted by molar-refractivity contribution is 5.82. The SMILES string of the molecule is CCC[C@H](N)C(=O)NCC(C)(CC)C(=O)O. The number of amides is 1. The second-order valence-electron chi connectivity index (χ2n) is 4.33. The summed E-state index contributed by atoms with van der Waals surface area (Å²) < 4.78 is 0. The van der Waals surface area contributed by atoms with Crippen molar-refractivity contribution in [3.63, 3.8) is 0 Å². The van der Waals surface area contributed by atoms with Crippen molar-refractivity contribution < 1.29 is 14.7 Å². The topological polar surface area (TPSA) is 92.4 Å². The quantitative estimate of drug-likeness (QED) is 0.601. The standard InChI is InChI=1S/C11H22N2O3/c1-4-6-8(12)9(14)13-7-11(3,5-2)10(15)16/h8H,4-7,12H2,1-3H3,(H,13,14)(H,15,16)/t8-,11?/m0/s1. The van der Waals surface area contributed by atoms with Crippen LogP contribution in [-0.4, -0.2) is 29.6 Å². The van der Waals surface area contributed by atoms with Gasteiger partial charge in [0, 0.05) is 6.54 Å². The lowest BCUT2D eigenvalue weighted by molar-refractivity contribution is -0.148. The smallest absolute Gasteiger partial charge is 0.311 e. The van der Waals surface area contributed by atoms with Gasteiger partial charge in [-0.05, 0) is 19.8 Å². The number of carboxylic acid groups (broad SMARTS) is 1. The van der Waals surface area contributed by atoms with Crippen LogP contribution >= 0.6 is 0 Å². The Hall–Kier alpha value is -1.10. The van der Waals surface area contributed by atoms with E-state index in [-0.39, 0.29) is 12.5 Å². The Morgan fingerprint density at radius 1 is 1.44 bits per heavy atom. The predicted octanol–water partition coefficient (Wildman–Crippen LogP) is 0.731. The van der Waals surface area contributed by atoms with Gasteiger partial charge < -0.3 is 16.2 Å². The van der Waals surface area contributed by atoms with E-state index in [1.54, 1.807) is 13.8 Å². The number of rotatable bonds is 7. The first-order valence-electron chi connectivity index (χ1n) is 5.64. The van der Waals surface area contributed by atoms with Gasteiger partial charge in [-0.2, -0.15) is 0 Å². The Labute approximate surface area is 96.4 Å². The van der Waals surface area contributed by atoms with Gasteiger partial charge in [0.1, 0.15) is 0 Å². The molecule has 16 heavy (non-hydrogen) atoms. The molecule has 0 aliphatic carbocycles. The molecule has 0 bridgehead atoms. The van der Waals surface area contributed by atoms with E-state index < -0.39 is 17.4 Å². The van der Waals surface area contributed by atoms with Gasteiger partial charge in [0.2, 0.25) is 5.91 Å². The fourth-order valence-electron chi connectivity index (χ4n) is 1.21. The number of hydrogen-bond acceptors (Lipinski definition) is 3. The Bertz CT molecular complexity index is 256. The molecule has 0 spiro atoms. The summed E-state index contributed by atoms with van der Waals surface area (Å²) in [6.45, 7) is 5.46. The Morgan fingerprint density at radius 2 is 2.00 bits per heavy atom. The molecule has 0 rings (SSSR count). The van der Waals surface area contributed by atoms with Crippen LogP contribution in [0.5, 0.6) is 0 Å². The Balaban J connectivity index is 4.22. The maximum Gasteiger partial charge on any atom is 0.311 e. The van der Waals surface area contributed by atoms with Crippen molar-refractivity contribution >= 4 is 11.9 Å². The summed E-state index contributed by atoms with van der Waals surface area (Å²) in [4.78, 5) is 22.5.